The number of carbonyl (C=O) groups is 2. The van der Waals surface area contributed by atoms with Crippen LogP contribution in [0.1, 0.15) is 0 Å². The first kappa shape index (κ1) is 28.6. The van der Waals surface area contributed by atoms with Crippen molar-refractivity contribution in [3.8, 4) is 0 Å². The third-order valence-corrected chi connectivity index (χ3v) is 8.07. The molecule has 0 aliphatic heterocycles. The number of thioether (sulfide) groups is 2. The highest BCUT2D eigenvalue weighted by atomic mass is 32.2. The zero-order valence-electron chi connectivity index (χ0n) is 20.1. The summed E-state index contributed by atoms with van der Waals surface area (Å²) < 4.78 is 52.6. The molecule has 0 bridgehead atoms. The van der Waals surface area contributed by atoms with E-state index in [1.54, 1.807) is 11.8 Å². The van der Waals surface area contributed by atoms with Gasteiger partial charge in [0.1, 0.15) is 0 Å². The van der Waals surface area contributed by atoms with Crippen LogP contribution in [0.4, 0.5) is 28.9 Å². The molecule has 0 aliphatic rings. The largest absolute Gasteiger partial charge is 0.325 e. The lowest BCUT2D eigenvalue weighted by atomic mass is 10.3. The van der Waals surface area contributed by atoms with E-state index in [0.29, 0.717) is 0 Å². The van der Waals surface area contributed by atoms with Gasteiger partial charge in [-0.3, -0.25) is 9.59 Å². The lowest BCUT2D eigenvalue weighted by molar-refractivity contribution is -0.114. The van der Waals surface area contributed by atoms with E-state index < -0.39 is 23.3 Å². The van der Waals surface area contributed by atoms with E-state index in [9.17, 15) is 27.2 Å². The van der Waals surface area contributed by atoms with E-state index in [0.717, 1.165) is 43.8 Å². The Labute approximate surface area is 235 Å². The van der Waals surface area contributed by atoms with Crippen LogP contribution in [0.3, 0.4) is 0 Å². The second kappa shape index (κ2) is 13.6. The van der Waals surface area contributed by atoms with E-state index in [-0.39, 0.29) is 34.7 Å². The fraction of sp³-hybridized carbons (Fsp3) is 0.0714. The number of hydrogen-bond donors (Lipinski definition) is 2. The highest BCUT2D eigenvalue weighted by molar-refractivity contribution is 8.00. The van der Waals surface area contributed by atoms with E-state index >= 15 is 0 Å². The summed E-state index contributed by atoms with van der Waals surface area (Å²) in [6.07, 6.45) is 0. The van der Waals surface area contributed by atoms with Gasteiger partial charge in [-0.25, -0.2) is 17.6 Å². The smallest absolute Gasteiger partial charge is 0.234 e. The molecule has 0 unspecified atom stereocenters. The molecule has 0 heterocycles. The van der Waals surface area contributed by atoms with Gasteiger partial charge in [-0.05, 0) is 72.8 Å². The van der Waals surface area contributed by atoms with Crippen molar-refractivity contribution < 1.29 is 27.2 Å². The lowest BCUT2D eigenvalue weighted by Crippen LogP contribution is -2.14. The maximum Gasteiger partial charge on any atom is 0.234 e. The Kier molecular flexibility index (Phi) is 9.96. The number of carbonyl (C=O) groups excluding carboxylic acids is 2. The fourth-order valence-electron chi connectivity index (χ4n) is 3.18. The van der Waals surface area contributed by atoms with Crippen LogP contribution in [0.5, 0.6) is 0 Å². The molecule has 4 aromatic rings. The first-order valence-electron chi connectivity index (χ1n) is 11.4. The van der Waals surface area contributed by atoms with Gasteiger partial charge in [-0.1, -0.05) is 11.8 Å². The highest BCUT2D eigenvalue weighted by Gasteiger charge is 2.09. The average molecular weight is 589 g/mol. The molecule has 4 nitrogen and oxygen atoms in total. The van der Waals surface area contributed by atoms with Crippen molar-refractivity contribution in [1.82, 2.24) is 0 Å². The number of anilines is 2. The predicted molar refractivity (Wildman–Crippen MR) is 148 cm³/mol. The molecule has 200 valence electrons. The summed E-state index contributed by atoms with van der Waals surface area (Å²) in [5.41, 5.74) is 0.390. The standard InChI is InChI=1S/C28H20F4N2O2S3/c29-23-11-1-17(13-25(23)31)33-27(35)15-37-19-3-7-21(8-4-19)39-22-9-5-20(6-10-22)38-16-28(36)34-18-2-12-24(30)26(32)14-18/h1-14H,15-16H2,(H,33,35)(H,34,36). The van der Waals surface area contributed by atoms with Gasteiger partial charge in [0, 0.05) is 43.1 Å². The van der Waals surface area contributed by atoms with Crippen LogP contribution in [0, 0.1) is 23.3 Å². The topological polar surface area (TPSA) is 58.2 Å². The zero-order valence-corrected chi connectivity index (χ0v) is 22.5. The maximum atomic E-state index is 13.3. The van der Waals surface area contributed by atoms with Crippen LogP contribution in [0.2, 0.25) is 0 Å². The highest BCUT2D eigenvalue weighted by Crippen LogP contribution is 2.31. The number of nitrogens with one attached hydrogen (secondary N) is 2. The molecular weight excluding hydrogens is 569 g/mol. The molecule has 0 aromatic heterocycles. The van der Waals surface area contributed by atoms with Crippen molar-refractivity contribution in [3.63, 3.8) is 0 Å². The number of rotatable bonds is 10. The SMILES string of the molecule is O=C(CSc1ccc(Sc2ccc(SCC(=O)Nc3ccc(F)c(F)c3)cc2)cc1)Nc1ccc(F)c(F)c1. The Morgan fingerprint density at radius 3 is 1.23 bits per heavy atom. The molecule has 39 heavy (non-hydrogen) atoms. The average Bonchev–Trinajstić information content (AvgIpc) is 2.92. The summed E-state index contributed by atoms with van der Waals surface area (Å²) in [6.45, 7) is 0. The molecule has 11 heteroatoms. The van der Waals surface area contributed by atoms with Gasteiger partial charge in [0.15, 0.2) is 23.3 Å². The predicted octanol–water partition coefficient (Wildman–Crippen LogP) is 7.86. The molecule has 4 rings (SSSR count). The van der Waals surface area contributed by atoms with Crippen molar-refractivity contribution in [2.75, 3.05) is 22.1 Å². The molecular formula is C28H20F4N2O2S3. The molecule has 2 amide bonds. The monoisotopic (exact) mass is 588 g/mol. The van der Waals surface area contributed by atoms with Crippen LogP contribution in [0.15, 0.2) is 105 Å². The van der Waals surface area contributed by atoms with E-state index in [4.69, 9.17) is 0 Å². The van der Waals surface area contributed by atoms with Gasteiger partial charge >= 0.3 is 0 Å². The maximum absolute atomic E-state index is 13.3. The zero-order chi connectivity index (χ0) is 27.8. The van der Waals surface area contributed by atoms with Crippen molar-refractivity contribution in [2.45, 2.75) is 19.6 Å². The molecule has 0 aliphatic carbocycles. The molecule has 4 aromatic carbocycles. The summed E-state index contributed by atoms with van der Waals surface area (Å²) in [6, 6.07) is 21.7. The van der Waals surface area contributed by atoms with Crippen molar-refractivity contribution in [1.29, 1.82) is 0 Å². The molecule has 0 radical (unpaired) electrons. The molecule has 0 saturated carbocycles. The quantitative estimate of drug-likeness (QED) is 0.146. The number of amides is 2. The summed E-state index contributed by atoms with van der Waals surface area (Å²) in [7, 11) is 0. The molecule has 2 N–H and O–H groups in total. The van der Waals surface area contributed by atoms with Crippen LogP contribution in [0.25, 0.3) is 0 Å². The van der Waals surface area contributed by atoms with Gasteiger partial charge in [0.25, 0.3) is 0 Å². The van der Waals surface area contributed by atoms with Crippen molar-refractivity contribution in [2.24, 2.45) is 0 Å². The van der Waals surface area contributed by atoms with Gasteiger partial charge in [-0.2, -0.15) is 0 Å². The van der Waals surface area contributed by atoms with Crippen molar-refractivity contribution >= 4 is 58.5 Å². The van der Waals surface area contributed by atoms with Gasteiger partial charge < -0.3 is 10.6 Å². The third kappa shape index (κ3) is 8.81. The first-order valence-corrected chi connectivity index (χ1v) is 14.2. The van der Waals surface area contributed by atoms with Crippen LogP contribution >= 0.6 is 35.3 Å². The van der Waals surface area contributed by atoms with Crippen LogP contribution in [-0.4, -0.2) is 23.3 Å². The van der Waals surface area contributed by atoms with Crippen molar-refractivity contribution in [3.05, 3.63) is 108 Å². The summed E-state index contributed by atoms with van der Waals surface area (Å²) in [4.78, 5) is 28.0. The number of benzene rings is 4. The fourth-order valence-corrected chi connectivity index (χ4v) is 5.40. The van der Waals surface area contributed by atoms with E-state index in [2.05, 4.69) is 10.6 Å². The summed E-state index contributed by atoms with van der Waals surface area (Å²) in [5.74, 6) is -4.42. The van der Waals surface area contributed by atoms with E-state index in [1.807, 2.05) is 48.5 Å². The Morgan fingerprint density at radius 1 is 0.513 bits per heavy atom. The van der Waals surface area contributed by atoms with E-state index in [1.165, 1.54) is 35.7 Å². The minimum Gasteiger partial charge on any atom is -0.325 e. The number of halogens is 4. The van der Waals surface area contributed by atoms with Gasteiger partial charge in [-0.15, -0.1) is 23.5 Å². The van der Waals surface area contributed by atoms with Crippen LogP contribution in [-0.2, 0) is 9.59 Å². The van der Waals surface area contributed by atoms with Crippen LogP contribution < -0.4 is 10.6 Å². The second-order valence-corrected chi connectivity index (χ2v) is 11.2. The molecule has 0 atom stereocenters. The Morgan fingerprint density at radius 2 is 0.872 bits per heavy atom. The summed E-state index contributed by atoms with van der Waals surface area (Å²) in [5, 5.41) is 5.08. The lowest BCUT2D eigenvalue weighted by Gasteiger charge is -2.07. The normalized spacial score (nSPS) is 10.8. The minimum absolute atomic E-state index is 0.115. The third-order valence-electron chi connectivity index (χ3n) is 5.03. The Balaban J connectivity index is 1.21. The Bertz CT molecular complexity index is 1360. The second-order valence-electron chi connectivity index (χ2n) is 7.98. The molecule has 0 spiro atoms. The number of hydrogen-bond acceptors (Lipinski definition) is 5. The summed E-state index contributed by atoms with van der Waals surface area (Å²) >= 11 is 4.20. The Hall–Kier alpha value is -3.41. The first-order chi connectivity index (χ1) is 18.7. The minimum atomic E-state index is -1.02. The van der Waals surface area contributed by atoms with Gasteiger partial charge in [0.05, 0.1) is 11.5 Å². The molecule has 0 fully saturated rings. The molecule has 0 saturated heterocycles. The van der Waals surface area contributed by atoms with Gasteiger partial charge in [0.2, 0.25) is 11.8 Å².